The number of hydrogen-bond donors (Lipinski definition) is 0. The number of likely N-dealkylation sites (N-methyl/N-ethyl adjacent to an activating group) is 1. The fourth-order valence-corrected chi connectivity index (χ4v) is 2.92. The van der Waals surface area contributed by atoms with Crippen molar-refractivity contribution in [2.45, 2.75) is 13.3 Å². The van der Waals surface area contributed by atoms with Crippen molar-refractivity contribution in [3.05, 3.63) is 66.2 Å². The molecule has 2 aromatic carbocycles. The number of rotatable bonds is 5. The maximum absolute atomic E-state index is 11.9. The molecule has 0 saturated carbocycles. The zero-order chi connectivity index (χ0) is 17.3. The first-order valence-electron chi connectivity index (χ1n) is 8.04. The molecule has 0 atom stereocenters. The standard InChI is InChI=1S/C21H21NO2/c1-5-14(3)19-11-16(8-7-15(19)6-2)24-17-9-10-18-20(12-17)22(4)13-21(18)23/h6-12H,2-3,5,13H2,1,4H3. The van der Waals surface area contributed by atoms with Crippen molar-refractivity contribution < 1.29 is 9.53 Å². The monoisotopic (exact) mass is 319 g/mol. The maximum atomic E-state index is 11.9. The third kappa shape index (κ3) is 2.85. The van der Waals surface area contributed by atoms with Crippen LogP contribution in [0.5, 0.6) is 11.5 Å². The predicted molar refractivity (Wildman–Crippen MR) is 100.0 cm³/mol. The quantitative estimate of drug-likeness (QED) is 0.760. The highest BCUT2D eigenvalue weighted by Crippen LogP contribution is 2.34. The molecular weight excluding hydrogens is 298 g/mol. The number of carbonyl (C=O) groups excluding carboxylic acids is 1. The first kappa shape index (κ1) is 16.1. The van der Waals surface area contributed by atoms with E-state index < -0.39 is 0 Å². The summed E-state index contributed by atoms with van der Waals surface area (Å²) in [5.74, 6) is 1.61. The zero-order valence-electron chi connectivity index (χ0n) is 14.1. The van der Waals surface area contributed by atoms with Gasteiger partial charge in [-0.25, -0.2) is 0 Å². The number of Topliss-reactive ketones (excluding diaryl/α,β-unsaturated/α-hetero) is 1. The summed E-state index contributed by atoms with van der Waals surface area (Å²) in [6, 6.07) is 11.5. The van der Waals surface area contributed by atoms with E-state index in [1.807, 2.05) is 54.4 Å². The Morgan fingerprint density at radius 1 is 1.25 bits per heavy atom. The molecule has 0 N–H and O–H groups in total. The second kappa shape index (κ2) is 6.36. The molecule has 0 spiro atoms. The summed E-state index contributed by atoms with van der Waals surface area (Å²) in [7, 11) is 1.91. The normalized spacial score (nSPS) is 12.9. The number of carbonyl (C=O) groups is 1. The summed E-state index contributed by atoms with van der Waals surface area (Å²) in [5.41, 5.74) is 4.83. The molecule has 24 heavy (non-hydrogen) atoms. The Labute approximate surface area is 142 Å². The van der Waals surface area contributed by atoms with Crippen molar-refractivity contribution in [3.63, 3.8) is 0 Å². The highest BCUT2D eigenvalue weighted by molar-refractivity contribution is 6.08. The highest BCUT2D eigenvalue weighted by atomic mass is 16.5. The number of ether oxygens (including phenoxy) is 1. The fraction of sp³-hybridized carbons (Fsp3) is 0.190. The molecule has 3 nitrogen and oxygen atoms in total. The minimum absolute atomic E-state index is 0.149. The van der Waals surface area contributed by atoms with Crippen molar-refractivity contribution in [1.29, 1.82) is 0 Å². The summed E-state index contributed by atoms with van der Waals surface area (Å²) in [5, 5.41) is 0. The van der Waals surface area contributed by atoms with Crippen LogP contribution in [0.2, 0.25) is 0 Å². The van der Waals surface area contributed by atoms with E-state index in [1.54, 1.807) is 0 Å². The molecule has 1 heterocycles. The molecule has 0 unspecified atom stereocenters. The van der Waals surface area contributed by atoms with Crippen molar-refractivity contribution >= 4 is 23.1 Å². The van der Waals surface area contributed by atoms with E-state index in [0.29, 0.717) is 6.54 Å². The first-order valence-corrected chi connectivity index (χ1v) is 8.04. The average molecular weight is 319 g/mol. The summed E-state index contributed by atoms with van der Waals surface area (Å²) >= 11 is 0. The van der Waals surface area contributed by atoms with Gasteiger partial charge < -0.3 is 9.64 Å². The lowest BCUT2D eigenvalue weighted by molar-refractivity contribution is 0.101. The zero-order valence-corrected chi connectivity index (χ0v) is 14.1. The molecule has 0 aliphatic carbocycles. The van der Waals surface area contributed by atoms with Crippen LogP contribution in [0.1, 0.15) is 34.8 Å². The van der Waals surface area contributed by atoms with Gasteiger partial charge in [0, 0.05) is 18.7 Å². The molecule has 1 aliphatic rings. The van der Waals surface area contributed by atoms with Gasteiger partial charge in [0.25, 0.3) is 0 Å². The largest absolute Gasteiger partial charge is 0.457 e. The van der Waals surface area contributed by atoms with Crippen LogP contribution >= 0.6 is 0 Å². The molecular formula is C21H21NO2. The summed E-state index contributed by atoms with van der Waals surface area (Å²) < 4.78 is 6.01. The van der Waals surface area contributed by atoms with E-state index in [0.717, 1.165) is 45.9 Å². The van der Waals surface area contributed by atoms with E-state index in [9.17, 15) is 4.79 Å². The van der Waals surface area contributed by atoms with Gasteiger partial charge >= 0.3 is 0 Å². The van der Waals surface area contributed by atoms with E-state index in [1.165, 1.54) is 0 Å². The van der Waals surface area contributed by atoms with Crippen LogP contribution in [0, 0.1) is 0 Å². The molecule has 1 aliphatic heterocycles. The molecule has 3 rings (SSSR count). The molecule has 122 valence electrons. The Kier molecular flexibility index (Phi) is 4.26. The Hall–Kier alpha value is -2.81. The predicted octanol–water partition coefficient (Wildman–Crippen LogP) is 5.18. The first-order chi connectivity index (χ1) is 11.5. The van der Waals surface area contributed by atoms with E-state index in [2.05, 4.69) is 20.1 Å². The number of ketones is 1. The Morgan fingerprint density at radius 3 is 2.67 bits per heavy atom. The van der Waals surface area contributed by atoms with Gasteiger partial charge in [0.2, 0.25) is 0 Å². The minimum Gasteiger partial charge on any atom is -0.457 e. The Balaban J connectivity index is 1.92. The molecule has 3 heteroatoms. The lowest BCUT2D eigenvalue weighted by Gasteiger charge is -2.14. The number of benzene rings is 2. The summed E-state index contributed by atoms with van der Waals surface area (Å²) in [6.45, 7) is 10.5. The maximum Gasteiger partial charge on any atom is 0.184 e. The van der Waals surface area contributed by atoms with E-state index in [-0.39, 0.29) is 5.78 Å². The molecule has 0 bridgehead atoms. The number of anilines is 1. The molecule has 0 saturated heterocycles. The summed E-state index contributed by atoms with van der Waals surface area (Å²) in [4.78, 5) is 13.8. The minimum atomic E-state index is 0.149. The van der Waals surface area contributed by atoms with Crippen LogP contribution in [-0.2, 0) is 0 Å². The van der Waals surface area contributed by atoms with Crippen molar-refractivity contribution in [3.8, 4) is 11.5 Å². The van der Waals surface area contributed by atoms with Gasteiger partial charge in [-0.1, -0.05) is 32.2 Å². The smallest absolute Gasteiger partial charge is 0.184 e. The van der Waals surface area contributed by atoms with Crippen molar-refractivity contribution in [2.75, 3.05) is 18.5 Å². The van der Waals surface area contributed by atoms with Crippen molar-refractivity contribution in [1.82, 2.24) is 0 Å². The SMILES string of the molecule is C=Cc1ccc(Oc2ccc3c(c2)N(C)CC3=O)cc1C(=C)CC. The topological polar surface area (TPSA) is 29.5 Å². The Morgan fingerprint density at radius 2 is 1.96 bits per heavy atom. The Bertz CT molecular complexity index is 836. The molecule has 0 amide bonds. The fourth-order valence-electron chi connectivity index (χ4n) is 2.92. The van der Waals surface area contributed by atoms with Gasteiger partial charge in [0.15, 0.2) is 5.78 Å². The molecule has 0 aromatic heterocycles. The van der Waals surface area contributed by atoms with Crippen molar-refractivity contribution in [2.24, 2.45) is 0 Å². The molecule has 2 aromatic rings. The molecule has 0 fully saturated rings. The van der Waals surface area contributed by atoms with Crippen LogP contribution in [0.3, 0.4) is 0 Å². The molecule has 0 radical (unpaired) electrons. The van der Waals surface area contributed by atoms with E-state index >= 15 is 0 Å². The summed E-state index contributed by atoms with van der Waals surface area (Å²) in [6.07, 6.45) is 2.70. The third-order valence-electron chi connectivity index (χ3n) is 4.35. The van der Waals surface area contributed by atoms with Crippen LogP contribution in [0.15, 0.2) is 49.6 Å². The van der Waals surface area contributed by atoms with Gasteiger partial charge in [0.05, 0.1) is 12.2 Å². The second-order valence-corrected chi connectivity index (χ2v) is 5.97. The van der Waals surface area contributed by atoms with Gasteiger partial charge in [0.1, 0.15) is 11.5 Å². The lowest BCUT2D eigenvalue weighted by atomic mass is 9.99. The van der Waals surface area contributed by atoms with Gasteiger partial charge in [-0.15, -0.1) is 0 Å². The van der Waals surface area contributed by atoms with Crippen LogP contribution in [0.4, 0.5) is 5.69 Å². The number of hydrogen-bond acceptors (Lipinski definition) is 3. The van der Waals surface area contributed by atoms with Gasteiger partial charge in [-0.3, -0.25) is 4.79 Å². The third-order valence-corrected chi connectivity index (χ3v) is 4.35. The van der Waals surface area contributed by atoms with Gasteiger partial charge in [-0.2, -0.15) is 0 Å². The number of fused-ring (bicyclic) bond motifs is 1. The average Bonchev–Trinajstić information content (AvgIpc) is 2.88. The van der Waals surface area contributed by atoms with Crippen LogP contribution < -0.4 is 9.64 Å². The number of allylic oxidation sites excluding steroid dienone is 1. The van der Waals surface area contributed by atoms with E-state index in [4.69, 9.17) is 4.74 Å². The number of nitrogens with zero attached hydrogens (tertiary/aromatic N) is 1. The van der Waals surface area contributed by atoms with Gasteiger partial charge in [-0.05, 0) is 47.4 Å². The second-order valence-electron chi connectivity index (χ2n) is 5.97. The lowest BCUT2D eigenvalue weighted by Crippen LogP contribution is -2.15. The van der Waals surface area contributed by atoms with Crippen LogP contribution in [-0.4, -0.2) is 19.4 Å². The highest BCUT2D eigenvalue weighted by Gasteiger charge is 2.24. The van der Waals surface area contributed by atoms with Crippen LogP contribution in [0.25, 0.3) is 11.6 Å².